The van der Waals surface area contributed by atoms with Crippen molar-refractivity contribution in [3.63, 3.8) is 0 Å². The third-order valence-electron chi connectivity index (χ3n) is 3.01. The summed E-state index contributed by atoms with van der Waals surface area (Å²) in [5.74, 6) is 0.828. The quantitative estimate of drug-likeness (QED) is 0.825. The van der Waals surface area contributed by atoms with Gasteiger partial charge in [0.15, 0.2) is 0 Å². The second-order valence-electron chi connectivity index (χ2n) is 4.53. The minimum Gasteiger partial charge on any atom is -0.493 e. The number of rotatable bonds is 5. The van der Waals surface area contributed by atoms with Gasteiger partial charge in [0, 0.05) is 15.1 Å². The van der Waals surface area contributed by atoms with Crippen LogP contribution in [0.4, 0.5) is 0 Å². The van der Waals surface area contributed by atoms with Gasteiger partial charge in [0.1, 0.15) is 5.75 Å². The summed E-state index contributed by atoms with van der Waals surface area (Å²) in [4.78, 5) is 0. The first-order chi connectivity index (χ1) is 9.63. The van der Waals surface area contributed by atoms with Gasteiger partial charge in [-0.2, -0.15) is 0 Å². The summed E-state index contributed by atoms with van der Waals surface area (Å²) in [6.07, 6.45) is 0.963. The molecule has 1 unspecified atom stereocenters. The highest BCUT2D eigenvalue weighted by Crippen LogP contribution is 2.33. The molecule has 0 aromatic heterocycles. The summed E-state index contributed by atoms with van der Waals surface area (Å²) in [5.41, 5.74) is 8.30. The standard InChI is InChI=1S/C16H17BrClNO/c1-2-9-20-15-6-4-3-5-12(15)16(19)13-10-11(18)7-8-14(13)17/h3-8,10,16H,2,9,19H2,1H3. The average molecular weight is 355 g/mol. The topological polar surface area (TPSA) is 35.2 Å². The van der Waals surface area contributed by atoms with Crippen LogP contribution in [-0.4, -0.2) is 6.61 Å². The predicted octanol–water partition coefficient (Wildman–Crippen LogP) is 4.94. The van der Waals surface area contributed by atoms with Crippen molar-refractivity contribution in [2.45, 2.75) is 19.4 Å². The molecular formula is C16H17BrClNO. The molecule has 0 aliphatic heterocycles. The predicted molar refractivity (Wildman–Crippen MR) is 87.4 cm³/mol. The van der Waals surface area contributed by atoms with Gasteiger partial charge in [-0.1, -0.05) is 52.7 Å². The van der Waals surface area contributed by atoms with Crippen molar-refractivity contribution >= 4 is 27.5 Å². The van der Waals surface area contributed by atoms with Gasteiger partial charge in [0.05, 0.1) is 12.6 Å². The van der Waals surface area contributed by atoms with E-state index in [2.05, 4.69) is 22.9 Å². The first-order valence-electron chi connectivity index (χ1n) is 6.55. The maximum atomic E-state index is 6.39. The molecular weight excluding hydrogens is 338 g/mol. The van der Waals surface area contributed by atoms with Crippen molar-refractivity contribution in [2.75, 3.05) is 6.61 Å². The van der Waals surface area contributed by atoms with Crippen LogP contribution >= 0.6 is 27.5 Å². The van der Waals surface area contributed by atoms with E-state index in [1.165, 1.54) is 0 Å². The molecule has 1 atom stereocenters. The zero-order chi connectivity index (χ0) is 14.5. The summed E-state index contributed by atoms with van der Waals surface area (Å²) in [5, 5.41) is 0.672. The SMILES string of the molecule is CCCOc1ccccc1C(N)c1cc(Cl)ccc1Br. The van der Waals surface area contributed by atoms with E-state index in [9.17, 15) is 0 Å². The Balaban J connectivity index is 2.37. The Morgan fingerprint density at radius 1 is 1.20 bits per heavy atom. The Hall–Kier alpha value is -1.03. The molecule has 0 saturated carbocycles. The van der Waals surface area contributed by atoms with Gasteiger partial charge in [-0.3, -0.25) is 0 Å². The van der Waals surface area contributed by atoms with Crippen LogP contribution in [0.25, 0.3) is 0 Å². The van der Waals surface area contributed by atoms with Crippen LogP contribution in [0, 0.1) is 0 Å². The maximum Gasteiger partial charge on any atom is 0.124 e. The highest BCUT2D eigenvalue weighted by Gasteiger charge is 2.16. The molecule has 106 valence electrons. The minimum absolute atomic E-state index is 0.281. The van der Waals surface area contributed by atoms with Crippen LogP contribution in [0.3, 0.4) is 0 Å². The number of hydrogen-bond donors (Lipinski definition) is 1. The zero-order valence-corrected chi connectivity index (χ0v) is 13.6. The van der Waals surface area contributed by atoms with Crippen molar-refractivity contribution in [1.82, 2.24) is 0 Å². The van der Waals surface area contributed by atoms with E-state index in [1.807, 2.05) is 42.5 Å². The van der Waals surface area contributed by atoms with Gasteiger partial charge < -0.3 is 10.5 Å². The molecule has 0 bridgehead atoms. The molecule has 0 spiro atoms. The van der Waals surface area contributed by atoms with Crippen LogP contribution in [0.5, 0.6) is 5.75 Å². The van der Waals surface area contributed by atoms with E-state index >= 15 is 0 Å². The van der Waals surface area contributed by atoms with Gasteiger partial charge in [-0.25, -0.2) is 0 Å². The molecule has 2 nitrogen and oxygen atoms in total. The molecule has 2 aromatic rings. The molecule has 2 N–H and O–H groups in total. The molecule has 0 radical (unpaired) electrons. The molecule has 4 heteroatoms. The number of halogens is 2. The summed E-state index contributed by atoms with van der Waals surface area (Å²) in [7, 11) is 0. The minimum atomic E-state index is -0.281. The van der Waals surface area contributed by atoms with E-state index < -0.39 is 0 Å². The fraction of sp³-hybridized carbons (Fsp3) is 0.250. The highest BCUT2D eigenvalue weighted by atomic mass is 79.9. The van der Waals surface area contributed by atoms with Gasteiger partial charge in [-0.15, -0.1) is 0 Å². The first kappa shape index (κ1) is 15.4. The van der Waals surface area contributed by atoms with Crippen LogP contribution in [0.1, 0.15) is 30.5 Å². The van der Waals surface area contributed by atoms with Crippen LogP contribution in [0.2, 0.25) is 5.02 Å². The Labute approximate surface area is 133 Å². The number of ether oxygens (including phenoxy) is 1. The molecule has 0 fully saturated rings. The smallest absolute Gasteiger partial charge is 0.124 e. The molecule has 0 amide bonds. The Morgan fingerprint density at radius 2 is 1.95 bits per heavy atom. The van der Waals surface area contributed by atoms with E-state index in [-0.39, 0.29) is 6.04 Å². The monoisotopic (exact) mass is 353 g/mol. The van der Waals surface area contributed by atoms with Crippen LogP contribution in [-0.2, 0) is 0 Å². The average Bonchev–Trinajstić information content (AvgIpc) is 2.47. The number of hydrogen-bond acceptors (Lipinski definition) is 2. The fourth-order valence-electron chi connectivity index (χ4n) is 2.00. The number of benzene rings is 2. The van der Waals surface area contributed by atoms with Crippen molar-refractivity contribution in [1.29, 1.82) is 0 Å². The van der Waals surface area contributed by atoms with Gasteiger partial charge >= 0.3 is 0 Å². The molecule has 0 aliphatic rings. The molecule has 2 aromatic carbocycles. The van der Waals surface area contributed by atoms with Crippen molar-refractivity contribution in [2.24, 2.45) is 5.73 Å². The molecule has 0 heterocycles. The first-order valence-corrected chi connectivity index (χ1v) is 7.72. The lowest BCUT2D eigenvalue weighted by Crippen LogP contribution is -2.14. The van der Waals surface area contributed by atoms with E-state index in [0.29, 0.717) is 11.6 Å². The van der Waals surface area contributed by atoms with Crippen LogP contribution < -0.4 is 10.5 Å². The van der Waals surface area contributed by atoms with Crippen LogP contribution in [0.15, 0.2) is 46.9 Å². The van der Waals surface area contributed by atoms with Crippen molar-refractivity contribution in [3.8, 4) is 5.75 Å². The molecule has 0 saturated heterocycles. The Morgan fingerprint density at radius 3 is 2.70 bits per heavy atom. The second-order valence-corrected chi connectivity index (χ2v) is 5.82. The van der Waals surface area contributed by atoms with E-state index in [0.717, 1.165) is 27.8 Å². The third-order valence-corrected chi connectivity index (χ3v) is 3.97. The number of para-hydroxylation sites is 1. The van der Waals surface area contributed by atoms with Gasteiger partial charge in [0.2, 0.25) is 0 Å². The lowest BCUT2D eigenvalue weighted by atomic mass is 9.99. The summed E-state index contributed by atoms with van der Waals surface area (Å²) in [6, 6.07) is 13.2. The molecule has 20 heavy (non-hydrogen) atoms. The summed E-state index contributed by atoms with van der Waals surface area (Å²) < 4.78 is 6.71. The fourth-order valence-corrected chi connectivity index (χ4v) is 2.68. The Kier molecular flexibility index (Phi) is 5.46. The lowest BCUT2D eigenvalue weighted by Gasteiger charge is -2.18. The number of nitrogens with two attached hydrogens (primary N) is 1. The highest BCUT2D eigenvalue weighted by molar-refractivity contribution is 9.10. The van der Waals surface area contributed by atoms with Gasteiger partial charge in [0.25, 0.3) is 0 Å². The van der Waals surface area contributed by atoms with Crippen molar-refractivity contribution in [3.05, 3.63) is 63.1 Å². The normalized spacial score (nSPS) is 12.2. The molecule has 2 rings (SSSR count). The maximum absolute atomic E-state index is 6.39. The third kappa shape index (κ3) is 3.54. The second kappa shape index (κ2) is 7.11. The summed E-state index contributed by atoms with van der Waals surface area (Å²) >= 11 is 9.59. The van der Waals surface area contributed by atoms with Crippen molar-refractivity contribution < 1.29 is 4.74 Å². The molecule has 0 aliphatic carbocycles. The Bertz CT molecular complexity index is 588. The zero-order valence-electron chi connectivity index (χ0n) is 11.3. The lowest BCUT2D eigenvalue weighted by molar-refractivity contribution is 0.313. The van der Waals surface area contributed by atoms with E-state index in [1.54, 1.807) is 0 Å². The summed E-state index contributed by atoms with van der Waals surface area (Å²) in [6.45, 7) is 2.76. The largest absolute Gasteiger partial charge is 0.493 e. The van der Waals surface area contributed by atoms with E-state index in [4.69, 9.17) is 22.1 Å². The van der Waals surface area contributed by atoms with Gasteiger partial charge in [-0.05, 0) is 36.2 Å².